The summed E-state index contributed by atoms with van der Waals surface area (Å²) in [6.45, 7) is 6.35. The number of nitrogens with zero attached hydrogens (tertiary/aromatic N) is 1. The maximum Gasteiger partial charge on any atom is 0.338 e. The van der Waals surface area contributed by atoms with Gasteiger partial charge in [0.05, 0.1) is 5.56 Å². The zero-order valence-electron chi connectivity index (χ0n) is 23.1. The quantitative estimate of drug-likeness (QED) is 0.140. The van der Waals surface area contributed by atoms with E-state index in [2.05, 4.69) is 24.1 Å². The molecule has 0 aliphatic rings. The number of hydrogen-bond donors (Lipinski definition) is 2. The number of unbranched alkanes of at least 4 members (excludes halogenated alkanes) is 12. The number of nitrogens with one attached hydrogen (secondary N) is 1. The van der Waals surface area contributed by atoms with Crippen LogP contribution in [0.15, 0.2) is 18.3 Å². The molecule has 0 aliphatic carbocycles. The van der Waals surface area contributed by atoms with E-state index in [1.807, 2.05) is 0 Å². The highest BCUT2D eigenvalue weighted by Gasteiger charge is 2.17. The maximum atomic E-state index is 12.3. The lowest BCUT2D eigenvalue weighted by molar-refractivity contribution is 0.0689. The van der Waals surface area contributed by atoms with E-state index in [1.165, 1.54) is 121 Å². The number of aromatic carboxylic acids is 1. The molecule has 206 valence electrons. The molecule has 0 radical (unpaired) electrons. The number of carboxylic acids is 1. The summed E-state index contributed by atoms with van der Waals surface area (Å²) in [4.78, 5) is 27.5. The van der Waals surface area contributed by atoms with Crippen molar-refractivity contribution in [1.29, 1.82) is 0 Å². The number of rotatable bonds is 24. The number of carboxylic acid groups (broad SMARTS) is 1. The van der Waals surface area contributed by atoms with E-state index in [9.17, 15) is 14.7 Å². The molecule has 6 heteroatoms. The van der Waals surface area contributed by atoms with Crippen molar-refractivity contribution in [2.24, 2.45) is 5.92 Å². The Kier molecular flexibility index (Phi) is 19.8. The standard InChI is InChI=1S/C30H52N2O4/c1-3-5-7-9-11-12-14-16-20-26(19-15-13-10-8-6-4-2)25-36-24-18-23-32-29(33)28-27(30(34)35)21-17-22-31-28/h17,21-22,26H,3-16,18-20,23-25H2,1-2H3,(H,32,33)(H,34,35). The van der Waals surface area contributed by atoms with Gasteiger partial charge in [-0.2, -0.15) is 0 Å². The Morgan fingerprint density at radius 1 is 0.861 bits per heavy atom. The van der Waals surface area contributed by atoms with Crippen LogP contribution in [0, 0.1) is 5.92 Å². The first kappa shape index (κ1) is 32.1. The Morgan fingerprint density at radius 3 is 1.97 bits per heavy atom. The number of carbonyl (C=O) groups excluding carboxylic acids is 1. The van der Waals surface area contributed by atoms with E-state index in [0.717, 1.165) is 6.61 Å². The highest BCUT2D eigenvalue weighted by atomic mass is 16.5. The Labute approximate surface area is 220 Å². The molecule has 6 nitrogen and oxygen atoms in total. The average molecular weight is 505 g/mol. The molecule has 1 aromatic heterocycles. The molecule has 0 aromatic carbocycles. The summed E-state index contributed by atoms with van der Waals surface area (Å²) < 4.78 is 6.00. The Balaban J connectivity index is 2.27. The fourth-order valence-corrected chi connectivity index (χ4v) is 4.56. The Morgan fingerprint density at radius 2 is 1.42 bits per heavy atom. The van der Waals surface area contributed by atoms with E-state index in [1.54, 1.807) is 0 Å². The van der Waals surface area contributed by atoms with Crippen LogP contribution in [0.4, 0.5) is 0 Å². The zero-order valence-corrected chi connectivity index (χ0v) is 23.1. The largest absolute Gasteiger partial charge is 0.478 e. The van der Waals surface area contributed by atoms with Crippen molar-refractivity contribution in [1.82, 2.24) is 10.3 Å². The van der Waals surface area contributed by atoms with Crippen molar-refractivity contribution < 1.29 is 19.4 Å². The summed E-state index contributed by atoms with van der Waals surface area (Å²) >= 11 is 0. The molecule has 0 aliphatic heterocycles. The minimum Gasteiger partial charge on any atom is -0.478 e. The monoisotopic (exact) mass is 504 g/mol. The number of ether oxygens (including phenoxy) is 1. The third-order valence-corrected chi connectivity index (χ3v) is 6.79. The van der Waals surface area contributed by atoms with Gasteiger partial charge in [0.25, 0.3) is 5.91 Å². The van der Waals surface area contributed by atoms with Gasteiger partial charge in [0, 0.05) is 26.0 Å². The number of pyridine rings is 1. The molecular formula is C30H52N2O4. The van der Waals surface area contributed by atoms with Crippen LogP contribution in [0.3, 0.4) is 0 Å². The molecule has 0 bridgehead atoms. The van der Waals surface area contributed by atoms with Gasteiger partial charge in [-0.1, -0.05) is 104 Å². The molecule has 1 amide bonds. The predicted molar refractivity (Wildman–Crippen MR) is 148 cm³/mol. The summed E-state index contributed by atoms with van der Waals surface area (Å²) in [7, 11) is 0. The van der Waals surface area contributed by atoms with Crippen LogP contribution >= 0.6 is 0 Å². The van der Waals surface area contributed by atoms with Gasteiger partial charge in [0.1, 0.15) is 5.69 Å². The molecule has 2 N–H and O–H groups in total. The van der Waals surface area contributed by atoms with Gasteiger partial charge in [-0.05, 0) is 37.3 Å². The van der Waals surface area contributed by atoms with Gasteiger partial charge >= 0.3 is 5.97 Å². The molecule has 1 aromatic rings. The average Bonchev–Trinajstić information content (AvgIpc) is 2.88. The summed E-state index contributed by atoms with van der Waals surface area (Å²) in [6, 6.07) is 2.91. The Bertz CT molecular complexity index is 695. The van der Waals surface area contributed by atoms with Crippen molar-refractivity contribution in [2.45, 2.75) is 123 Å². The molecular weight excluding hydrogens is 452 g/mol. The van der Waals surface area contributed by atoms with E-state index < -0.39 is 11.9 Å². The molecule has 36 heavy (non-hydrogen) atoms. The summed E-state index contributed by atoms with van der Waals surface area (Å²) in [5.74, 6) is -0.981. The lowest BCUT2D eigenvalue weighted by Gasteiger charge is -2.17. The number of aromatic nitrogens is 1. The first-order valence-corrected chi connectivity index (χ1v) is 14.6. The summed E-state index contributed by atoms with van der Waals surface area (Å²) in [5.41, 5.74) is -0.125. The molecule has 1 heterocycles. The highest BCUT2D eigenvalue weighted by molar-refractivity contribution is 6.03. The minimum atomic E-state index is -1.15. The lowest BCUT2D eigenvalue weighted by atomic mass is 9.94. The van der Waals surface area contributed by atoms with Gasteiger partial charge in [0.2, 0.25) is 0 Å². The highest BCUT2D eigenvalue weighted by Crippen LogP contribution is 2.20. The van der Waals surface area contributed by atoms with Crippen LogP contribution in [-0.4, -0.2) is 41.7 Å². The number of amides is 1. The molecule has 1 rings (SSSR count). The van der Waals surface area contributed by atoms with Gasteiger partial charge in [-0.3, -0.25) is 9.78 Å². The molecule has 1 atom stereocenters. The van der Waals surface area contributed by atoms with Crippen molar-refractivity contribution in [2.75, 3.05) is 19.8 Å². The van der Waals surface area contributed by atoms with Crippen LogP contribution in [0.1, 0.15) is 144 Å². The second-order valence-corrected chi connectivity index (χ2v) is 10.1. The van der Waals surface area contributed by atoms with Crippen molar-refractivity contribution in [3.05, 3.63) is 29.6 Å². The topological polar surface area (TPSA) is 88.5 Å². The first-order chi connectivity index (χ1) is 17.6. The SMILES string of the molecule is CCCCCCCCCCC(CCCCCCCC)COCCCNC(=O)c1ncccc1C(=O)O. The number of carbonyl (C=O) groups is 2. The third kappa shape index (κ3) is 15.9. The van der Waals surface area contributed by atoms with E-state index in [4.69, 9.17) is 4.74 Å². The van der Waals surface area contributed by atoms with E-state index in [-0.39, 0.29) is 11.3 Å². The van der Waals surface area contributed by atoms with Crippen LogP contribution in [0.25, 0.3) is 0 Å². The van der Waals surface area contributed by atoms with Crippen molar-refractivity contribution in [3.8, 4) is 0 Å². The molecule has 0 saturated carbocycles. The molecule has 0 saturated heterocycles. The van der Waals surface area contributed by atoms with Crippen LogP contribution in [0.5, 0.6) is 0 Å². The smallest absolute Gasteiger partial charge is 0.338 e. The van der Waals surface area contributed by atoms with Crippen LogP contribution < -0.4 is 5.32 Å². The normalized spacial score (nSPS) is 11.9. The minimum absolute atomic E-state index is 0.0460. The van der Waals surface area contributed by atoms with Gasteiger partial charge in [-0.25, -0.2) is 4.79 Å². The fourth-order valence-electron chi connectivity index (χ4n) is 4.56. The molecule has 1 unspecified atom stereocenters. The molecule has 0 fully saturated rings. The summed E-state index contributed by atoms with van der Waals surface area (Å²) in [6.07, 6.45) is 23.4. The van der Waals surface area contributed by atoms with Crippen LogP contribution in [0.2, 0.25) is 0 Å². The van der Waals surface area contributed by atoms with Gasteiger partial charge in [0.15, 0.2) is 0 Å². The molecule has 0 spiro atoms. The zero-order chi connectivity index (χ0) is 26.3. The maximum absolute atomic E-state index is 12.3. The lowest BCUT2D eigenvalue weighted by Crippen LogP contribution is -2.28. The third-order valence-electron chi connectivity index (χ3n) is 6.79. The van der Waals surface area contributed by atoms with E-state index >= 15 is 0 Å². The fraction of sp³-hybridized carbons (Fsp3) is 0.767. The van der Waals surface area contributed by atoms with E-state index in [0.29, 0.717) is 25.5 Å². The predicted octanol–water partition coefficient (Wildman–Crippen LogP) is 7.81. The van der Waals surface area contributed by atoms with Gasteiger partial charge < -0.3 is 15.2 Å². The summed E-state index contributed by atoms with van der Waals surface area (Å²) in [5, 5.41) is 12.0. The second-order valence-electron chi connectivity index (χ2n) is 10.1. The van der Waals surface area contributed by atoms with Crippen molar-refractivity contribution in [3.63, 3.8) is 0 Å². The van der Waals surface area contributed by atoms with Crippen molar-refractivity contribution >= 4 is 11.9 Å². The first-order valence-electron chi connectivity index (χ1n) is 14.6. The number of hydrogen-bond acceptors (Lipinski definition) is 4. The van der Waals surface area contributed by atoms with Crippen LogP contribution in [-0.2, 0) is 4.74 Å². The Hall–Kier alpha value is -1.95. The second kappa shape index (κ2) is 22.3. The van der Waals surface area contributed by atoms with Gasteiger partial charge in [-0.15, -0.1) is 0 Å².